The number of carbonyl (C=O) groups excluding carboxylic acids is 1. The Kier molecular flexibility index (Phi) is 3.52. The van der Waals surface area contributed by atoms with Gasteiger partial charge >= 0.3 is 0 Å². The number of hydrogen-bond donors (Lipinski definition) is 3. The topological polar surface area (TPSA) is 83.8 Å². The maximum atomic E-state index is 11.9. The summed E-state index contributed by atoms with van der Waals surface area (Å²) in [5, 5.41) is 9.70. The van der Waals surface area contributed by atoms with Gasteiger partial charge in [0.2, 0.25) is 5.91 Å². The van der Waals surface area contributed by atoms with Crippen molar-refractivity contribution >= 4 is 11.6 Å². The van der Waals surface area contributed by atoms with Crippen LogP contribution in [-0.2, 0) is 4.79 Å². The molecule has 1 heterocycles. The van der Waals surface area contributed by atoms with E-state index in [2.05, 4.69) is 15.5 Å². The van der Waals surface area contributed by atoms with E-state index in [0.29, 0.717) is 12.3 Å². The number of carbonyl (C=O) groups is 1. The number of nitrogens with one attached hydrogen (secondary N) is 2. The maximum absolute atomic E-state index is 11.9. The Morgan fingerprint density at radius 2 is 2.10 bits per heavy atom. The van der Waals surface area contributed by atoms with Gasteiger partial charge in [-0.15, -0.1) is 0 Å². The lowest BCUT2D eigenvalue weighted by molar-refractivity contribution is -0.116. The molecule has 3 rings (SSSR count). The summed E-state index contributed by atoms with van der Waals surface area (Å²) in [7, 11) is 0. The van der Waals surface area contributed by atoms with Gasteiger partial charge in [0.05, 0.1) is 5.69 Å². The molecule has 1 aliphatic carbocycles. The molecule has 1 aromatic heterocycles. The molecule has 5 heteroatoms. The summed E-state index contributed by atoms with van der Waals surface area (Å²) in [5.74, 6) is 0.530. The Bertz CT molecular complexity index is 572. The van der Waals surface area contributed by atoms with Crippen molar-refractivity contribution in [3.63, 3.8) is 0 Å². The monoisotopic (exact) mass is 270 g/mol. The van der Waals surface area contributed by atoms with Gasteiger partial charge in [-0.05, 0) is 42.5 Å². The molecule has 1 saturated carbocycles. The highest BCUT2D eigenvalue weighted by atomic mass is 16.1. The minimum Gasteiger partial charge on any atom is -0.327 e. The molecule has 2 aromatic rings. The second-order valence-electron chi connectivity index (χ2n) is 5.30. The normalized spacial score (nSPS) is 15.8. The number of aromatic nitrogens is 2. The first-order valence-corrected chi connectivity index (χ1v) is 6.87. The lowest BCUT2D eigenvalue weighted by atomic mass is 10.1. The van der Waals surface area contributed by atoms with E-state index in [4.69, 9.17) is 5.73 Å². The first-order valence-electron chi connectivity index (χ1n) is 6.87. The summed E-state index contributed by atoms with van der Waals surface area (Å²) in [6, 6.07) is 9.57. The van der Waals surface area contributed by atoms with E-state index in [1.54, 1.807) is 6.20 Å². The third kappa shape index (κ3) is 3.05. The molecule has 5 nitrogen and oxygen atoms in total. The summed E-state index contributed by atoms with van der Waals surface area (Å²) in [5.41, 5.74) is 8.74. The van der Waals surface area contributed by atoms with Crippen LogP contribution in [0.25, 0.3) is 11.3 Å². The standard InChI is InChI=1S/C15H18N4O/c16-13(10-1-2-10)9-15(20)18-12-5-3-11(4-6-12)14-7-8-17-19-14/h3-8,10,13H,1-2,9,16H2,(H,17,19)(H,18,20). The molecule has 1 aliphatic rings. The predicted molar refractivity (Wildman–Crippen MR) is 78.0 cm³/mol. The van der Waals surface area contributed by atoms with Crippen molar-refractivity contribution in [1.29, 1.82) is 0 Å². The van der Waals surface area contributed by atoms with Crippen LogP contribution < -0.4 is 11.1 Å². The molecule has 1 unspecified atom stereocenters. The van der Waals surface area contributed by atoms with Crippen molar-refractivity contribution in [2.75, 3.05) is 5.32 Å². The van der Waals surface area contributed by atoms with Crippen molar-refractivity contribution in [3.8, 4) is 11.3 Å². The summed E-state index contributed by atoms with van der Waals surface area (Å²) >= 11 is 0. The molecule has 0 saturated heterocycles. The maximum Gasteiger partial charge on any atom is 0.225 e. The lowest BCUT2D eigenvalue weighted by Crippen LogP contribution is -2.28. The number of aromatic amines is 1. The minimum absolute atomic E-state index is 0.000679. The average molecular weight is 270 g/mol. The Hall–Kier alpha value is -2.14. The van der Waals surface area contributed by atoms with Gasteiger partial charge in [-0.25, -0.2) is 0 Å². The van der Waals surface area contributed by atoms with Crippen LogP contribution in [0.1, 0.15) is 19.3 Å². The van der Waals surface area contributed by atoms with Crippen LogP contribution >= 0.6 is 0 Å². The number of rotatable bonds is 5. The molecule has 20 heavy (non-hydrogen) atoms. The highest BCUT2D eigenvalue weighted by Gasteiger charge is 2.29. The zero-order valence-corrected chi connectivity index (χ0v) is 11.2. The van der Waals surface area contributed by atoms with Crippen LogP contribution in [0.15, 0.2) is 36.5 Å². The van der Waals surface area contributed by atoms with Gasteiger partial charge in [-0.3, -0.25) is 9.89 Å². The van der Waals surface area contributed by atoms with Crippen LogP contribution in [0.2, 0.25) is 0 Å². The number of nitrogens with zero attached hydrogens (tertiary/aromatic N) is 1. The number of anilines is 1. The number of H-pyrrole nitrogens is 1. The fourth-order valence-corrected chi connectivity index (χ4v) is 2.27. The second kappa shape index (κ2) is 5.46. The van der Waals surface area contributed by atoms with E-state index >= 15 is 0 Å². The Morgan fingerprint density at radius 3 is 2.70 bits per heavy atom. The third-order valence-corrected chi connectivity index (χ3v) is 3.63. The Labute approximate surface area is 117 Å². The largest absolute Gasteiger partial charge is 0.327 e. The molecule has 1 amide bonds. The van der Waals surface area contributed by atoms with E-state index in [9.17, 15) is 4.79 Å². The smallest absolute Gasteiger partial charge is 0.225 e. The summed E-state index contributed by atoms with van der Waals surface area (Å²) in [4.78, 5) is 11.9. The highest BCUT2D eigenvalue weighted by molar-refractivity contribution is 5.91. The van der Waals surface area contributed by atoms with Crippen molar-refractivity contribution < 1.29 is 4.79 Å². The first kappa shape index (κ1) is 12.9. The van der Waals surface area contributed by atoms with E-state index in [1.165, 1.54) is 0 Å². The SMILES string of the molecule is NC(CC(=O)Nc1ccc(-c2ccn[nH]2)cc1)C1CC1. The van der Waals surface area contributed by atoms with Gasteiger partial charge in [-0.1, -0.05) is 12.1 Å². The van der Waals surface area contributed by atoms with Gasteiger partial charge in [0, 0.05) is 24.3 Å². The molecule has 0 spiro atoms. The van der Waals surface area contributed by atoms with Crippen LogP contribution in [0.3, 0.4) is 0 Å². The third-order valence-electron chi connectivity index (χ3n) is 3.63. The molecule has 0 bridgehead atoms. The van der Waals surface area contributed by atoms with Gasteiger partial charge in [0.25, 0.3) is 0 Å². The summed E-state index contributed by atoms with van der Waals surface area (Å²) in [6.07, 6.45) is 4.43. The molecular formula is C15H18N4O. The predicted octanol–water partition coefficient (Wildman–Crippen LogP) is 2.14. The molecule has 4 N–H and O–H groups in total. The van der Waals surface area contributed by atoms with E-state index in [0.717, 1.165) is 29.8 Å². The Morgan fingerprint density at radius 1 is 1.35 bits per heavy atom. The van der Waals surface area contributed by atoms with Crippen LogP contribution in [0.4, 0.5) is 5.69 Å². The molecule has 1 aromatic carbocycles. The first-order chi connectivity index (χ1) is 9.72. The zero-order valence-electron chi connectivity index (χ0n) is 11.2. The van der Waals surface area contributed by atoms with Gasteiger partial charge < -0.3 is 11.1 Å². The second-order valence-corrected chi connectivity index (χ2v) is 5.30. The number of nitrogens with two attached hydrogens (primary N) is 1. The van der Waals surface area contributed by atoms with Crippen molar-refractivity contribution in [2.45, 2.75) is 25.3 Å². The van der Waals surface area contributed by atoms with Gasteiger partial charge in [-0.2, -0.15) is 5.10 Å². The highest BCUT2D eigenvalue weighted by Crippen LogP contribution is 2.32. The molecule has 104 valence electrons. The van der Waals surface area contributed by atoms with E-state index in [1.807, 2.05) is 30.3 Å². The van der Waals surface area contributed by atoms with Gasteiger partial charge in [0.15, 0.2) is 0 Å². The lowest BCUT2D eigenvalue weighted by Gasteiger charge is -2.10. The number of hydrogen-bond acceptors (Lipinski definition) is 3. The quantitative estimate of drug-likeness (QED) is 0.778. The zero-order chi connectivity index (χ0) is 13.9. The van der Waals surface area contributed by atoms with Crippen molar-refractivity contribution in [3.05, 3.63) is 36.5 Å². The summed E-state index contributed by atoms with van der Waals surface area (Å²) in [6.45, 7) is 0. The molecule has 0 aliphatic heterocycles. The van der Waals surface area contributed by atoms with E-state index < -0.39 is 0 Å². The van der Waals surface area contributed by atoms with Crippen LogP contribution in [-0.4, -0.2) is 22.1 Å². The fraction of sp³-hybridized carbons (Fsp3) is 0.333. The molecule has 0 radical (unpaired) electrons. The van der Waals surface area contributed by atoms with Crippen molar-refractivity contribution in [2.24, 2.45) is 11.7 Å². The van der Waals surface area contributed by atoms with Crippen molar-refractivity contribution in [1.82, 2.24) is 10.2 Å². The average Bonchev–Trinajstić information content (AvgIpc) is 3.15. The van der Waals surface area contributed by atoms with Gasteiger partial charge in [0.1, 0.15) is 0 Å². The molecular weight excluding hydrogens is 252 g/mol. The minimum atomic E-state index is -0.0151. The molecule has 1 fully saturated rings. The Balaban J connectivity index is 1.58. The van der Waals surface area contributed by atoms with Crippen LogP contribution in [0.5, 0.6) is 0 Å². The summed E-state index contributed by atoms with van der Waals surface area (Å²) < 4.78 is 0. The molecule has 1 atom stereocenters. The van der Waals surface area contributed by atoms with Crippen LogP contribution in [0, 0.1) is 5.92 Å². The number of amides is 1. The number of benzene rings is 1. The fourth-order valence-electron chi connectivity index (χ4n) is 2.27. The van der Waals surface area contributed by atoms with E-state index in [-0.39, 0.29) is 11.9 Å².